The van der Waals surface area contributed by atoms with Crippen LogP contribution >= 0.6 is 11.3 Å². The lowest BCUT2D eigenvalue weighted by atomic mass is 10.1. The largest absolute Gasteiger partial charge is 0.378 e. The number of nitrogens with zero attached hydrogens (tertiary/aromatic N) is 2. The fourth-order valence-corrected chi connectivity index (χ4v) is 5.10. The van der Waals surface area contributed by atoms with Crippen LogP contribution in [0.2, 0.25) is 0 Å². The van der Waals surface area contributed by atoms with Gasteiger partial charge in [0.05, 0.1) is 25.2 Å². The molecule has 0 aliphatic carbocycles. The molecular weight excluding hydrogens is 322 g/mol. The second kappa shape index (κ2) is 7.52. The van der Waals surface area contributed by atoms with Crippen molar-refractivity contribution in [3.8, 4) is 0 Å². The molecule has 1 amide bonds. The Kier molecular flexibility index (Phi) is 5.17. The van der Waals surface area contributed by atoms with Gasteiger partial charge in [-0.1, -0.05) is 6.42 Å². The van der Waals surface area contributed by atoms with E-state index in [4.69, 9.17) is 4.74 Å². The van der Waals surface area contributed by atoms with Gasteiger partial charge in [-0.2, -0.15) is 0 Å². The van der Waals surface area contributed by atoms with E-state index >= 15 is 0 Å². The topological polar surface area (TPSA) is 44.8 Å². The highest BCUT2D eigenvalue weighted by molar-refractivity contribution is 7.11. The van der Waals surface area contributed by atoms with E-state index in [1.807, 2.05) is 11.3 Å². The molecule has 0 aromatic carbocycles. The number of piperidine rings is 1. The third kappa shape index (κ3) is 3.99. The zero-order chi connectivity index (χ0) is 16.4. The van der Waals surface area contributed by atoms with Gasteiger partial charge in [0.25, 0.3) is 0 Å². The highest BCUT2D eigenvalue weighted by atomic mass is 32.1. The molecular formula is C18H27N3O2S. The summed E-state index contributed by atoms with van der Waals surface area (Å²) in [5.41, 5.74) is 0. The lowest BCUT2D eigenvalue weighted by molar-refractivity contribution is -0.125. The smallest absolute Gasteiger partial charge is 0.227 e. The summed E-state index contributed by atoms with van der Waals surface area (Å²) < 4.78 is 5.61. The van der Waals surface area contributed by atoms with Gasteiger partial charge in [0.1, 0.15) is 0 Å². The van der Waals surface area contributed by atoms with Crippen LogP contribution in [0, 0.1) is 5.92 Å². The van der Waals surface area contributed by atoms with Crippen LogP contribution in [0.4, 0.5) is 0 Å². The minimum atomic E-state index is -0.0229. The van der Waals surface area contributed by atoms with Gasteiger partial charge in [-0.3, -0.25) is 14.6 Å². The first-order valence-corrected chi connectivity index (χ1v) is 9.98. The molecule has 0 radical (unpaired) electrons. The summed E-state index contributed by atoms with van der Waals surface area (Å²) >= 11 is 1.94. The Hall–Kier alpha value is -0.950. The average Bonchev–Trinajstić information content (AvgIpc) is 2.84. The first kappa shape index (κ1) is 16.5. The van der Waals surface area contributed by atoms with E-state index in [1.165, 1.54) is 42.1 Å². The second-order valence-electron chi connectivity index (χ2n) is 7.34. The number of amides is 1. The Morgan fingerprint density at radius 3 is 2.58 bits per heavy atom. The Balaban J connectivity index is 1.36. The predicted octanol–water partition coefficient (Wildman–Crippen LogP) is 1.68. The monoisotopic (exact) mass is 349 g/mol. The van der Waals surface area contributed by atoms with Crippen LogP contribution in [0.3, 0.4) is 0 Å². The van der Waals surface area contributed by atoms with Crippen LogP contribution in [-0.4, -0.2) is 61.1 Å². The minimum absolute atomic E-state index is 0.0229. The summed E-state index contributed by atoms with van der Waals surface area (Å²) in [7, 11) is 0. The highest BCUT2D eigenvalue weighted by Crippen LogP contribution is 2.23. The molecule has 3 saturated heterocycles. The van der Waals surface area contributed by atoms with Crippen molar-refractivity contribution >= 4 is 17.2 Å². The maximum absolute atomic E-state index is 12.1. The van der Waals surface area contributed by atoms with Crippen LogP contribution in [0.1, 0.15) is 29.0 Å². The van der Waals surface area contributed by atoms with Gasteiger partial charge in [0.15, 0.2) is 0 Å². The summed E-state index contributed by atoms with van der Waals surface area (Å²) in [4.78, 5) is 20.0. The summed E-state index contributed by atoms with van der Waals surface area (Å²) in [6.07, 6.45) is 4.08. The Morgan fingerprint density at radius 1 is 1.04 bits per heavy atom. The Bertz CT molecular complexity index is 570. The molecule has 2 bridgehead atoms. The van der Waals surface area contributed by atoms with Crippen molar-refractivity contribution in [2.75, 3.05) is 39.4 Å². The van der Waals surface area contributed by atoms with E-state index in [-0.39, 0.29) is 17.9 Å². The van der Waals surface area contributed by atoms with Crippen LogP contribution < -0.4 is 5.32 Å². The van der Waals surface area contributed by atoms with Gasteiger partial charge in [-0.15, -0.1) is 11.3 Å². The van der Waals surface area contributed by atoms with Crippen molar-refractivity contribution in [1.29, 1.82) is 0 Å². The molecule has 3 aliphatic rings. The molecule has 1 N–H and O–H groups in total. The minimum Gasteiger partial charge on any atom is -0.378 e. The molecule has 5 nitrogen and oxygen atoms in total. The van der Waals surface area contributed by atoms with Crippen molar-refractivity contribution in [2.45, 2.75) is 38.4 Å². The quantitative estimate of drug-likeness (QED) is 0.898. The Morgan fingerprint density at radius 2 is 1.79 bits per heavy atom. The standard InChI is InChI=1S/C18H27N3O2S/c22-18-14-8-21(9-15(19-18)13-23-12-14)11-17-5-4-16(24-17)10-20-6-2-1-3-7-20/h4-5,14-15H,1-3,6-13H2,(H,19,22)/t14-,15+/m1/s1. The van der Waals surface area contributed by atoms with E-state index in [1.54, 1.807) is 0 Å². The van der Waals surface area contributed by atoms with Gasteiger partial charge in [-0.25, -0.2) is 0 Å². The molecule has 1 aromatic rings. The highest BCUT2D eigenvalue weighted by Gasteiger charge is 2.33. The van der Waals surface area contributed by atoms with E-state index in [9.17, 15) is 4.79 Å². The molecule has 4 heterocycles. The molecule has 3 aliphatic heterocycles. The first-order valence-electron chi connectivity index (χ1n) is 9.17. The van der Waals surface area contributed by atoms with Gasteiger partial charge >= 0.3 is 0 Å². The van der Waals surface area contributed by atoms with Gasteiger partial charge in [0.2, 0.25) is 5.91 Å². The van der Waals surface area contributed by atoms with Gasteiger partial charge in [-0.05, 0) is 38.1 Å². The molecule has 0 spiro atoms. The number of hydrogen-bond donors (Lipinski definition) is 1. The molecule has 4 rings (SSSR count). The second-order valence-corrected chi connectivity index (χ2v) is 8.59. The molecule has 3 fully saturated rings. The molecule has 132 valence electrons. The van der Waals surface area contributed by atoms with Crippen LogP contribution in [0.25, 0.3) is 0 Å². The third-order valence-corrected chi connectivity index (χ3v) is 6.29. The number of carbonyl (C=O) groups is 1. The zero-order valence-electron chi connectivity index (χ0n) is 14.2. The van der Waals surface area contributed by atoms with E-state index in [0.29, 0.717) is 13.2 Å². The van der Waals surface area contributed by atoms with Crippen molar-refractivity contribution in [3.63, 3.8) is 0 Å². The summed E-state index contributed by atoms with van der Waals surface area (Å²) in [5, 5.41) is 3.11. The normalized spacial score (nSPS) is 29.2. The van der Waals surface area contributed by atoms with Crippen molar-refractivity contribution < 1.29 is 9.53 Å². The van der Waals surface area contributed by atoms with E-state index in [0.717, 1.165) is 26.2 Å². The van der Waals surface area contributed by atoms with Gasteiger partial charge < -0.3 is 10.1 Å². The molecule has 24 heavy (non-hydrogen) atoms. The third-order valence-electron chi connectivity index (χ3n) is 5.24. The number of thiophene rings is 1. The maximum atomic E-state index is 12.1. The number of ether oxygens (including phenoxy) is 1. The number of rotatable bonds is 4. The van der Waals surface area contributed by atoms with Crippen molar-refractivity contribution in [3.05, 3.63) is 21.9 Å². The number of hydrogen-bond acceptors (Lipinski definition) is 5. The van der Waals surface area contributed by atoms with Crippen LogP contribution in [0.5, 0.6) is 0 Å². The number of nitrogens with one attached hydrogen (secondary N) is 1. The van der Waals surface area contributed by atoms with Crippen molar-refractivity contribution in [2.24, 2.45) is 5.92 Å². The molecule has 0 unspecified atom stereocenters. The molecule has 6 heteroatoms. The first-order chi connectivity index (χ1) is 11.8. The number of carbonyl (C=O) groups excluding carboxylic acids is 1. The van der Waals surface area contributed by atoms with Crippen LogP contribution in [0.15, 0.2) is 12.1 Å². The van der Waals surface area contributed by atoms with Gasteiger partial charge in [0, 0.05) is 35.9 Å². The fraction of sp³-hybridized carbons (Fsp3) is 0.722. The molecule has 0 saturated carbocycles. The zero-order valence-corrected chi connectivity index (χ0v) is 15.0. The fourth-order valence-electron chi connectivity index (χ4n) is 4.00. The van der Waals surface area contributed by atoms with E-state index in [2.05, 4.69) is 27.2 Å². The number of fused-ring (bicyclic) bond motifs is 3. The van der Waals surface area contributed by atoms with E-state index < -0.39 is 0 Å². The predicted molar refractivity (Wildman–Crippen MR) is 95.0 cm³/mol. The van der Waals surface area contributed by atoms with Crippen LogP contribution in [-0.2, 0) is 22.6 Å². The lowest BCUT2D eigenvalue weighted by Gasteiger charge is -2.27. The Labute approximate surface area is 148 Å². The molecule has 1 aromatic heterocycles. The maximum Gasteiger partial charge on any atom is 0.227 e. The summed E-state index contributed by atoms with van der Waals surface area (Å²) in [5.74, 6) is 0.141. The lowest BCUT2D eigenvalue weighted by Crippen LogP contribution is -2.41. The van der Waals surface area contributed by atoms with Crippen molar-refractivity contribution in [1.82, 2.24) is 15.1 Å². The summed E-state index contributed by atoms with van der Waals surface area (Å²) in [6, 6.07) is 4.70. The molecule has 2 atom stereocenters. The number of likely N-dealkylation sites (tertiary alicyclic amines) is 1. The summed E-state index contributed by atoms with van der Waals surface area (Å²) in [6.45, 7) is 7.44. The SMILES string of the molecule is O=C1N[C@@H]2COC[C@H]1CN(Cc1ccc(CN3CCCCC3)s1)C2. The average molecular weight is 350 g/mol.